The molecule has 0 saturated heterocycles. The summed E-state index contributed by atoms with van der Waals surface area (Å²) in [5, 5.41) is 1.69. The maximum Gasteiger partial charge on any atom is 0.00888 e. The quantitative estimate of drug-likeness (QED) is 0.360. The minimum Gasteiger partial charge on any atom is -0.0990 e. The van der Waals surface area contributed by atoms with E-state index in [-0.39, 0.29) is 0 Å². The van der Waals surface area contributed by atoms with E-state index in [1.165, 1.54) is 0 Å². The van der Waals surface area contributed by atoms with Crippen LogP contribution in [0, 0.1) is 0 Å². The van der Waals surface area contributed by atoms with Crippen molar-refractivity contribution in [2.45, 2.75) is 20.3 Å². The summed E-state index contributed by atoms with van der Waals surface area (Å²) in [5.74, 6) is 0. The average molecular weight is 192 g/mol. The molecular weight excluding hydrogens is 176 g/mol. The Morgan fingerprint density at radius 1 is 1.38 bits per heavy atom. The van der Waals surface area contributed by atoms with Crippen LogP contribution in [0.15, 0.2) is 48.1 Å². The van der Waals surface area contributed by atoms with E-state index in [0.29, 0.717) is 0 Å². The molecule has 0 aliphatic carbocycles. The first-order valence-corrected chi connectivity index (χ1v) is 4.88. The van der Waals surface area contributed by atoms with Gasteiger partial charge >= 0.3 is 0 Å². The van der Waals surface area contributed by atoms with Crippen LogP contribution in [0.4, 0.5) is 0 Å². The molecule has 70 valence electrons. The van der Waals surface area contributed by atoms with Gasteiger partial charge in [-0.2, -0.15) is 0 Å². The Bertz CT molecular complexity index is 254. The van der Waals surface area contributed by atoms with E-state index in [9.17, 15) is 0 Å². The zero-order chi connectivity index (χ0) is 10.1. The monoisotopic (exact) mass is 192 g/mol. The molecule has 13 heavy (non-hydrogen) atoms. The van der Waals surface area contributed by atoms with Gasteiger partial charge < -0.3 is 0 Å². The Morgan fingerprint density at radius 3 is 2.46 bits per heavy atom. The Balaban J connectivity index is 4.80. The van der Waals surface area contributed by atoms with Crippen LogP contribution >= 0.6 is 12.2 Å². The molecule has 0 aliphatic heterocycles. The molecule has 0 saturated carbocycles. The first-order chi connectivity index (χ1) is 6.29. The molecule has 0 heterocycles. The lowest BCUT2D eigenvalue weighted by atomic mass is 10.1. The molecular formula is C12H16S. The summed E-state index contributed by atoms with van der Waals surface area (Å²) in [5.41, 5.74) is 2.19. The summed E-state index contributed by atoms with van der Waals surface area (Å²) in [4.78, 5) is 0. The van der Waals surface area contributed by atoms with E-state index < -0.39 is 0 Å². The molecule has 0 rings (SSSR count). The fourth-order valence-electron chi connectivity index (χ4n) is 0.923. The summed E-state index contributed by atoms with van der Waals surface area (Å²) in [6.07, 6.45) is 10.9. The predicted molar refractivity (Wildman–Crippen MR) is 65.1 cm³/mol. The third kappa shape index (κ3) is 4.58. The van der Waals surface area contributed by atoms with E-state index >= 15 is 0 Å². The van der Waals surface area contributed by atoms with Crippen molar-refractivity contribution < 1.29 is 0 Å². The first-order valence-electron chi connectivity index (χ1n) is 4.41. The molecule has 0 atom stereocenters. The van der Waals surface area contributed by atoms with Gasteiger partial charge in [0, 0.05) is 5.37 Å². The Hall–Kier alpha value is -0.950. The molecule has 0 bridgehead atoms. The third-order valence-corrected chi connectivity index (χ3v) is 1.86. The van der Waals surface area contributed by atoms with Crippen LogP contribution in [-0.4, -0.2) is 5.37 Å². The largest absolute Gasteiger partial charge is 0.0990 e. The second-order valence-electron chi connectivity index (χ2n) is 2.53. The van der Waals surface area contributed by atoms with Crippen LogP contribution in [0.5, 0.6) is 0 Å². The van der Waals surface area contributed by atoms with Gasteiger partial charge in [0.15, 0.2) is 0 Å². The van der Waals surface area contributed by atoms with Gasteiger partial charge in [-0.05, 0) is 24.5 Å². The molecule has 0 N–H and O–H groups in total. The Morgan fingerprint density at radius 2 is 2.08 bits per heavy atom. The van der Waals surface area contributed by atoms with Gasteiger partial charge in [-0.15, -0.1) is 0 Å². The van der Waals surface area contributed by atoms with Crippen LogP contribution < -0.4 is 0 Å². The number of hydrogen-bond acceptors (Lipinski definition) is 1. The zero-order valence-corrected chi connectivity index (χ0v) is 9.10. The Kier molecular flexibility index (Phi) is 7.12. The van der Waals surface area contributed by atoms with E-state index in [1.807, 2.05) is 19.1 Å². The second kappa shape index (κ2) is 7.69. The topological polar surface area (TPSA) is 0 Å². The second-order valence-corrected chi connectivity index (χ2v) is 2.77. The molecule has 1 heteroatoms. The van der Waals surface area contributed by atoms with Gasteiger partial charge in [0.05, 0.1) is 0 Å². The molecule has 0 fully saturated rings. The highest BCUT2D eigenvalue weighted by atomic mass is 32.1. The van der Waals surface area contributed by atoms with Crippen LogP contribution in [0.3, 0.4) is 0 Å². The summed E-state index contributed by atoms with van der Waals surface area (Å²) in [7, 11) is 0. The molecule has 0 amide bonds. The normalized spacial score (nSPS) is 13.4. The zero-order valence-electron chi connectivity index (χ0n) is 8.29. The molecule has 0 aromatic rings. The van der Waals surface area contributed by atoms with E-state index in [1.54, 1.807) is 11.4 Å². The third-order valence-electron chi connectivity index (χ3n) is 1.60. The SMILES string of the molecule is C=C/C=C(/C=C\CC)C(\C=S)=C/C. The van der Waals surface area contributed by atoms with E-state index in [4.69, 9.17) is 12.2 Å². The van der Waals surface area contributed by atoms with Crippen LogP contribution in [0.2, 0.25) is 0 Å². The molecule has 0 aliphatic rings. The standard InChI is InChI=1S/C12H16S/c1-4-7-9-12(8-5-2)11(6-3)10-13/h5-10H,2,4H2,1,3H3/b9-7-,11-6-,12-8-. The maximum absolute atomic E-state index is 4.91. The smallest absolute Gasteiger partial charge is 0.00888 e. The lowest BCUT2D eigenvalue weighted by Gasteiger charge is -1.99. The van der Waals surface area contributed by atoms with Gasteiger partial charge in [-0.25, -0.2) is 0 Å². The van der Waals surface area contributed by atoms with Crippen molar-refractivity contribution in [3.05, 3.63) is 48.1 Å². The van der Waals surface area contributed by atoms with Crippen molar-refractivity contribution >= 4 is 17.6 Å². The van der Waals surface area contributed by atoms with Crippen molar-refractivity contribution in [3.8, 4) is 0 Å². The summed E-state index contributed by atoms with van der Waals surface area (Å²) in [6, 6.07) is 0. The van der Waals surface area contributed by atoms with Gasteiger partial charge in [-0.1, -0.05) is 56.1 Å². The van der Waals surface area contributed by atoms with Gasteiger partial charge in [0.1, 0.15) is 0 Å². The van der Waals surface area contributed by atoms with Gasteiger partial charge in [-0.3, -0.25) is 0 Å². The number of rotatable bonds is 5. The number of allylic oxidation sites excluding steroid dienone is 7. The van der Waals surface area contributed by atoms with Crippen molar-refractivity contribution in [2.75, 3.05) is 0 Å². The van der Waals surface area contributed by atoms with Crippen molar-refractivity contribution in [3.63, 3.8) is 0 Å². The van der Waals surface area contributed by atoms with Gasteiger partial charge in [0.2, 0.25) is 0 Å². The molecule has 0 unspecified atom stereocenters. The van der Waals surface area contributed by atoms with Crippen LogP contribution in [-0.2, 0) is 0 Å². The van der Waals surface area contributed by atoms with Gasteiger partial charge in [0.25, 0.3) is 0 Å². The molecule has 0 spiro atoms. The molecule has 0 aromatic heterocycles. The predicted octanol–water partition coefficient (Wildman–Crippen LogP) is 4.01. The van der Waals surface area contributed by atoms with Crippen molar-refractivity contribution in [1.29, 1.82) is 0 Å². The maximum atomic E-state index is 4.91. The highest BCUT2D eigenvalue weighted by Crippen LogP contribution is 2.10. The van der Waals surface area contributed by atoms with Crippen molar-refractivity contribution in [2.24, 2.45) is 0 Å². The van der Waals surface area contributed by atoms with Crippen molar-refractivity contribution in [1.82, 2.24) is 0 Å². The van der Waals surface area contributed by atoms with Crippen LogP contribution in [0.1, 0.15) is 20.3 Å². The summed E-state index contributed by atoms with van der Waals surface area (Å²) in [6.45, 7) is 7.76. The minimum atomic E-state index is 1.03. The number of thiocarbonyl (C=S) groups is 1. The molecule has 0 nitrogen and oxygen atoms in total. The fraction of sp³-hybridized carbons (Fsp3) is 0.250. The van der Waals surface area contributed by atoms with E-state index in [2.05, 4.69) is 25.7 Å². The highest BCUT2D eigenvalue weighted by Gasteiger charge is 1.94. The lowest BCUT2D eigenvalue weighted by Crippen LogP contribution is -1.85. The fourth-order valence-corrected chi connectivity index (χ4v) is 1.19. The number of hydrogen-bond donors (Lipinski definition) is 0. The lowest BCUT2D eigenvalue weighted by molar-refractivity contribution is 1.22. The highest BCUT2D eigenvalue weighted by molar-refractivity contribution is 7.79. The Labute approximate surface area is 86.4 Å². The molecule has 0 aromatic carbocycles. The summed E-state index contributed by atoms with van der Waals surface area (Å²) < 4.78 is 0. The first kappa shape index (κ1) is 12.0. The molecule has 0 radical (unpaired) electrons. The summed E-state index contributed by atoms with van der Waals surface area (Å²) >= 11 is 4.91. The van der Waals surface area contributed by atoms with E-state index in [0.717, 1.165) is 17.6 Å². The van der Waals surface area contributed by atoms with Crippen LogP contribution in [0.25, 0.3) is 0 Å². The average Bonchev–Trinajstić information content (AvgIpc) is 2.16. The minimum absolute atomic E-state index is 1.03.